The number of amides is 1. The highest BCUT2D eigenvalue weighted by Crippen LogP contribution is 2.30. The Hall–Kier alpha value is -3.48. The van der Waals surface area contributed by atoms with Crippen LogP contribution in [0.3, 0.4) is 0 Å². The maximum absolute atomic E-state index is 13.4. The zero-order valence-corrected chi connectivity index (χ0v) is 14.5. The molecule has 1 amide bonds. The standard InChI is InChI=1S/C20H16FNO5/c1-12-14-5-3-4-6-15(14)20(25)22(12)10-19(24)27-11-17(23)16-9-13(21)7-8-18(16)26-2/h3-9H,1,10-11H2,2H3. The fraction of sp³-hybridized carbons (Fsp3) is 0.150. The van der Waals surface area contributed by atoms with Crippen molar-refractivity contribution in [3.63, 3.8) is 0 Å². The summed E-state index contributed by atoms with van der Waals surface area (Å²) in [6.07, 6.45) is 0. The van der Waals surface area contributed by atoms with Crippen LogP contribution in [0.1, 0.15) is 26.3 Å². The Labute approximate surface area is 154 Å². The lowest BCUT2D eigenvalue weighted by atomic mass is 10.1. The summed E-state index contributed by atoms with van der Waals surface area (Å²) in [4.78, 5) is 37.8. The van der Waals surface area contributed by atoms with Gasteiger partial charge in [-0.05, 0) is 24.3 Å². The van der Waals surface area contributed by atoms with Crippen molar-refractivity contribution in [2.75, 3.05) is 20.3 Å². The molecular formula is C20H16FNO5. The molecule has 3 rings (SSSR count). The van der Waals surface area contributed by atoms with Crippen molar-refractivity contribution in [2.45, 2.75) is 0 Å². The largest absolute Gasteiger partial charge is 0.496 e. The number of hydrogen-bond acceptors (Lipinski definition) is 5. The number of esters is 1. The normalized spacial score (nSPS) is 12.7. The second-order valence-electron chi connectivity index (χ2n) is 5.81. The first-order valence-corrected chi connectivity index (χ1v) is 8.05. The Morgan fingerprint density at radius 2 is 1.85 bits per heavy atom. The Morgan fingerprint density at radius 3 is 2.52 bits per heavy atom. The van der Waals surface area contributed by atoms with Gasteiger partial charge in [0, 0.05) is 16.8 Å². The van der Waals surface area contributed by atoms with Gasteiger partial charge in [0.15, 0.2) is 6.61 Å². The molecule has 0 fully saturated rings. The summed E-state index contributed by atoms with van der Waals surface area (Å²) in [6, 6.07) is 10.4. The molecule has 27 heavy (non-hydrogen) atoms. The van der Waals surface area contributed by atoms with Crippen LogP contribution in [-0.2, 0) is 9.53 Å². The van der Waals surface area contributed by atoms with Crippen molar-refractivity contribution in [1.82, 2.24) is 4.90 Å². The number of benzene rings is 2. The lowest BCUT2D eigenvalue weighted by molar-refractivity contribution is -0.142. The molecule has 0 spiro atoms. The molecule has 0 aromatic heterocycles. The first kappa shape index (κ1) is 18.3. The van der Waals surface area contributed by atoms with Crippen molar-refractivity contribution >= 4 is 23.4 Å². The van der Waals surface area contributed by atoms with Gasteiger partial charge in [0.2, 0.25) is 5.78 Å². The molecule has 1 aliphatic rings. The number of methoxy groups -OCH3 is 1. The van der Waals surface area contributed by atoms with E-state index in [0.717, 1.165) is 12.1 Å². The molecule has 0 radical (unpaired) electrons. The molecule has 0 N–H and O–H groups in total. The molecule has 6 nitrogen and oxygen atoms in total. The van der Waals surface area contributed by atoms with Crippen molar-refractivity contribution in [3.8, 4) is 5.75 Å². The van der Waals surface area contributed by atoms with Gasteiger partial charge in [0.05, 0.1) is 12.7 Å². The predicted molar refractivity (Wildman–Crippen MR) is 94.8 cm³/mol. The third kappa shape index (κ3) is 3.57. The minimum Gasteiger partial charge on any atom is -0.496 e. The summed E-state index contributed by atoms with van der Waals surface area (Å²) in [6.45, 7) is 2.86. The highest BCUT2D eigenvalue weighted by molar-refractivity contribution is 6.10. The second kappa shape index (κ2) is 7.41. The van der Waals surface area contributed by atoms with Crippen LogP contribution >= 0.6 is 0 Å². The van der Waals surface area contributed by atoms with Gasteiger partial charge in [0.25, 0.3) is 5.91 Å². The van der Waals surface area contributed by atoms with Gasteiger partial charge >= 0.3 is 5.97 Å². The quantitative estimate of drug-likeness (QED) is 0.578. The van der Waals surface area contributed by atoms with Crippen LogP contribution in [0.25, 0.3) is 5.70 Å². The van der Waals surface area contributed by atoms with E-state index in [1.54, 1.807) is 24.3 Å². The Balaban J connectivity index is 1.63. The number of carbonyl (C=O) groups excluding carboxylic acids is 3. The van der Waals surface area contributed by atoms with Gasteiger partial charge in [-0.25, -0.2) is 4.39 Å². The summed E-state index contributed by atoms with van der Waals surface area (Å²) >= 11 is 0. The van der Waals surface area contributed by atoms with Gasteiger partial charge in [-0.15, -0.1) is 0 Å². The number of ether oxygens (including phenoxy) is 2. The average Bonchev–Trinajstić information content (AvgIpc) is 2.91. The van der Waals surface area contributed by atoms with Crippen LogP contribution in [-0.4, -0.2) is 42.8 Å². The van der Waals surface area contributed by atoms with E-state index in [-0.39, 0.29) is 23.8 Å². The van der Waals surface area contributed by atoms with Crippen molar-refractivity contribution < 1.29 is 28.2 Å². The lowest BCUT2D eigenvalue weighted by Gasteiger charge is -2.16. The number of Topliss-reactive ketones (excluding diaryl/α,β-unsaturated/α-hetero) is 1. The second-order valence-corrected chi connectivity index (χ2v) is 5.81. The minimum atomic E-state index is -0.777. The number of fused-ring (bicyclic) bond motifs is 1. The summed E-state index contributed by atoms with van der Waals surface area (Å²) in [5.74, 6) is -2.18. The summed E-state index contributed by atoms with van der Waals surface area (Å²) in [5.41, 5.74) is 1.47. The number of rotatable bonds is 6. The van der Waals surface area contributed by atoms with Gasteiger partial charge in [-0.3, -0.25) is 19.3 Å². The first-order valence-electron chi connectivity index (χ1n) is 8.05. The highest BCUT2D eigenvalue weighted by Gasteiger charge is 2.32. The number of carbonyl (C=O) groups is 3. The van der Waals surface area contributed by atoms with Gasteiger partial charge < -0.3 is 9.47 Å². The number of hydrogen-bond donors (Lipinski definition) is 0. The molecule has 7 heteroatoms. The van der Waals surface area contributed by atoms with E-state index >= 15 is 0 Å². The SMILES string of the molecule is C=C1c2ccccc2C(=O)N1CC(=O)OCC(=O)c1cc(F)ccc1OC. The molecule has 0 atom stereocenters. The maximum atomic E-state index is 13.4. The Kier molecular flexibility index (Phi) is 5.03. The number of halogens is 1. The Bertz CT molecular complexity index is 918. The predicted octanol–water partition coefficient (Wildman–Crippen LogP) is 2.69. The van der Waals surface area contributed by atoms with E-state index in [4.69, 9.17) is 9.47 Å². The zero-order valence-electron chi connectivity index (χ0n) is 14.5. The highest BCUT2D eigenvalue weighted by atomic mass is 19.1. The topological polar surface area (TPSA) is 72.9 Å². The molecule has 0 unspecified atom stereocenters. The molecule has 0 saturated heterocycles. The van der Waals surface area contributed by atoms with E-state index in [1.807, 2.05) is 0 Å². The molecule has 2 aromatic carbocycles. The minimum absolute atomic E-state index is 0.0284. The van der Waals surface area contributed by atoms with Crippen LogP contribution in [0.5, 0.6) is 5.75 Å². The van der Waals surface area contributed by atoms with E-state index < -0.39 is 24.2 Å². The fourth-order valence-electron chi connectivity index (χ4n) is 2.80. The van der Waals surface area contributed by atoms with Gasteiger partial charge in [-0.2, -0.15) is 0 Å². The Morgan fingerprint density at radius 1 is 1.15 bits per heavy atom. The lowest BCUT2D eigenvalue weighted by Crippen LogP contribution is -2.31. The van der Waals surface area contributed by atoms with E-state index in [1.165, 1.54) is 18.1 Å². The molecule has 0 bridgehead atoms. The number of nitrogens with zero attached hydrogens (tertiary/aromatic N) is 1. The summed E-state index contributed by atoms with van der Waals surface area (Å²) in [5, 5.41) is 0. The van der Waals surface area contributed by atoms with E-state index in [2.05, 4.69) is 6.58 Å². The van der Waals surface area contributed by atoms with Crippen LogP contribution in [0.15, 0.2) is 49.0 Å². The van der Waals surface area contributed by atoms with E-state index in [9.17, 15) is 18.8 Å². The first-order chi connectivity index (χ1) is 12.9. The third-order valence-corrected chi connectivity index (χ3v) is 4.15. The van der Waals surface area contributed by atoms with Crippen LogP contribution in [0.2, 0.25) is 0 Å². The van der Waals surface area contributed by atoms with Crippen molar-refractivity contribution in [1.29, 1.82) is 0 Å². The molecular weight excluding hydrogens is 353 g/mol. The fourth-order valence-corrected chi connectivity index (χ4v) is 2.80. The van der Waals surface area contributed by atoms with Crippen molar-refractivity contribution in [3.05, 3.63) is 71.6 Å². The number of ketones is 1. The molecule has 138 valence electrons. The summed E-state index contributed by atoms with van der Waals surface area (Å²) < 4.78 is 23.3. The van der Waals surface area contributed by atoms with Crippen LogP contribution in [0.4, 0.5) is 4.39 Å². The maximum Gasteiger partial charge on any atom is 0.326 e. The monoisotopic (exact) mass is 369 g/mol. The summed E-state index contributed by atoms with van der Waals surface area (Å²) in [7, 11) is 1.35. The molecule has 0 aliphatic carbocycles. The molecule has 1 aliphatic heterocycles. The van der Waals surface area contributed by atoms with Crippen LogP contribution < -0.4 is 4.74 Å². The molecule has 2 aromatic rings. The average molecular weight is 369 g/mol. The van der Waals surface area contributed by atoms with Crippen LogP contribution in [0, 0.1) is 5.82 Å². The molecule has 1 heterocycles. The smallest absolute Gasteiger partial charge is 0.326 e. The van der Waals surface area contributed by atoms with Crippen molar-refractivity contribution in [2.24, 2.45) is 0 Å². The van der Waals surface area contributed by atoms with Gasteiger partial charge in [-0.1, -0.05) is 24.8 Å². The van der Waals surface area contributed by atoms with E-state index in [0.29, 0.717) is 16.8 Å². The molecule has 0 saturated carbocycles. The third-order valence-electron chi connectivity index (χ3n) is 4.15. The zero-order chi connectivity index (χ0) is 19.6. The van der Waals surface area contributed by atoms with Gasteiger partial charge in [0.1, 0.15) is 18.1 Å².